The Labute approximate surface area is 378 Å². The van der Waals surface area contributed by atoms with Gasteiger partial charge in [0.2, 0.25) is 5.91 Å². The van der Waals surface area contributed by atoms with E-state index in [2.05, 4.69) is 55.6 Å². The van der Waals surface area contributed by atoms with Gasteiger partial charge in [-0.3, -0.25) is 13.8 Å². The smallest absolute Gasteiger partial charge is 0.387 e. The second kappa shape index (κ2) is 43.7. The Morgan fingerprint density at radius 2 is 0.902 bits per heavy atom. The van der Waals surface area contributed by atoms with Crippen molar-refractivity contribution in [3.8, 4) is 0 Å². The van der Waals surface area contributed by atoms with Crippen LogP contribution in [-0.2, 0) is 18.4 Å². The minimum atomic E-state index is -4.36. The SMILES string of the molecule is CCCCCCCC/C=C\CCCCCCCCCC(=O)NC(COP(=O)(O)OCC[N+](C)(C)C)C(O)/C=C/CC/C=C/CC/C=C/CCCCCCCCCCCCCC. The monoisotopic (exact) mass is 880 g/mol. The van der Waals surface area contributed by atoms with Crippen molar-refractivity contribution in [3.05, 3.63) is 48.6 Å². The van der Waals surface area contributed by atoms with E-state index in [0.29, 0.717) is 17.4 Å². The van der Waals surface area contributed by atoms with E-state index < -0.39 is 20.0 Å². The molecule has 0 rings (SSSR count). The molecule has 9 heteroatoms. The number of amides is 1. The summed E-state index contributed by atoms with van der Waals surface area (Å²) in [5.74, 6) is -0.196. The molecule has 3 unspecified atom stereocenters. The van der Waals surface area contributed by atoms with Crippen LogP contribution in [0.5, 0.6) is 0 Å². The van der Waals surface area contributed by atoms with Gasteiger partial charge in [0.05, 0.1) is 39.9 Å². The van der Waals surface area contributed by atoms with Crippen LogP contribution in [0.4, 0.5) is 0 Å². The maximum atomic E-state index is 12.9. The molecule has 0 aromatic heterocycles. The highest BCUT2D eigenvalue weighted by atomic mass is 31.2. The number of carbonyl (C=O) groups is 1. The topological polar surface area (TPSA) is 105 Å². The third kappa shape index (κ3) is 46.3. The number of phosphoric acid groups is 1. The quantitative estimate of drug-likeness (QED) is 0.0243. The molecule has 61 heavy (non-hydrogen) atoms. The van der Waals surface area contributed by atoms with E-state index in [4.69, 9.17) is 9.05 Å². The number of aliphatic hydroxyl groups is 1. The normalized spacial score (nSPS) is 14.5. The first-order valence-electron chi connectivity index (χ1n) is 25.5. The summed E-state index contributed by atoms with van der Waals surface area (Å²) < 4.78 is 23.6. The van der Waals surface area contributed by atoms with Crippen LogP contribution in [0.1, 0.15) is 226 Å². The van der Waals surface area contributed by atoms with Gasteiger partial charge in [-0.05, 0) is 70.6 Å². The highest BCUT2D eigenvalue weighted by molar-refractivity contribution is 7.47. The zero-order valence-electron chi connectivity index (χ0n) is 40.7. The zero-order chi connectivity index (χ0) is 45.0. The molecular weight excluding hydrogens is 780 g/mol. The van der Waals surface area contributed by atoms with Crippen molar-refractivity contribution in [2.24, 2.45) is 0 Å². The summed E-state index contributed by atoms with van der Waals surface area (Å²) in [4.78, 5) is 23.2. The molecule has 358 valence electrons. The second-order valence-electron chi connectivity index (χ2n) is 18.5. The molecule has 0 aliphatic heterocycles. The van der Waals surface area contributed by atoms with E-state index in [-0.39, 0.29) is 19.1 Å². The molecule has 0 aliphatic carbocycles. The third-order valence-corrected chi connectivity index (χ3v) is 12.2. The number of nitrogens with one attached hydrogen (secondary N) is 1. The highest BCUT2D eigenvalue weighted by Gasteiger charge is 2.27. The number of quaternary nitrogens is 1. The van der Waals surface area contributed by atoms with Crippen LogP contribution in [0.25, 0.3) is 0 Å². The first-order valence-corrected chi connectivity index (χ1v) is 27.0. The van der Waals surface area contributed by atoms with Crippen LogP contribution in [0.15, 0.2) is 48.6 Å². The van der Waals surface area contributed by atoms with Crippen LogP contribution >= 0.6 is 7.82 Å². The molecule has 3 atom stereocenters. The molecule has 0 aromatic rings. The van der Waals surface area contributed by atoms with Gasteiger partial charge in [-0.25, -0.2) is 4.57 Å². The summed E-state index contributed by atoms with van der Waals surface area (Å²) in [6.07, 6.45) is 56.2. The maximum absolute atomic E-state index is 12.9. The molecule has 0 bridgehead atoms. The summed E-state index contributed by atoms with van der Waals surface area (Å²) in [5.41, 5.74) is 0. The minimum absolute atomic E-state index is 0.0520. The number of likely N-dealkylation sites (N-methyl/N-ethyl adjacent to an activating group) is 1. The summed E-state index contributed by atoms with van der Waals surface area (Å²) in [5, 5.41) is 13.9. The molecule has 3 N–H and O–H groups in total. The Morgan fingerprint density at radius 1 is 0.541 bits per heavy atom. The Morgan fingerprint density at radius 3 is 1.31 bits per heavy atom. The number of carbonyl (C=O) groups excluding carboxylic acids is 1. The fourth-order valence-electron chi connectivity index (χ4n) is 7.19. The summed E-state index contributed by atoms with van der Waals surface area (Å²) >= 11 is 0. The molecule has 8 nitrogen and oxygen atoms in total. The van der Waals surface area contributed by atoms with Gasteiger partial charge in [0.15, 0.2) is 0 Å². The fourth-order valence-corrected chi connectivity index (χ4v) is 7.92. The highest BCUT2D eigenvalue weighted by Crippen LogP contribution is 2.43. The molecule has 0 heterocycles. The number of aliphatic hydroxyl groups excluding tert-OH is 1. The summed E-state index contributed by atoms with van der Waals surface area (Å²) in [7, 11) is 1.54. The minimum Gasteiger partial charge on any atom is -0.387 e. The van der Waals surface area contributed by atoms with E-state index in [0.717, 1.165) is 44.9 Å². The van der Waals surface area contributed by atoms with Crippen molar-refractivity contribution in [1.82, 2.24) is 5.32 Å². The number of allylic oxidation sites excluding steroid dienone is 7. The Hall–Kier alpha value is -1.54. The van der Waals surface area contributed by atoms with E-state index in [1.165, 1.54) is 161 Å². The van der Waals surface area contributed by atoms with Gasteiger partial charge in [-0.1, -0.05) is 197 Å². The van der Waals surface area contributed by atoms with Crippen LogP contribution in [0, 0.1) is 0 Å². The molecule has 0 saturated heterocycles. The molecule has 0 saturated carbocycles. The Balaban J connectivity index is 4.41. The average Bonchev–Trinajstić information content (AvgIpc) is 3.21. The van der Waals surface area contributed by atoms with Crippen molar-refractivity contribution in [2.75, 3.05) is 40.9 Å². The van der Waals surface area contributed by atoms with Crippen LogP contribution in [-0.4, -0.2) is 73.4 Å². The number of unbranched alkanes of at least 4 members (excludes halogenated alkanes) is 27. The maximum Gasteiger partial charge on any atom is 0.472 e. The van der Waals surface area contributed by atoms with Gasteiger partial charge in [0, 0.05) is 6.42 Å². The summed E-state index contributed by atoms with van der Waals surface area (Å²) in [6, 6.07) is -0.872. The Kier molecular flexibility index (Phi) is 42.6. The lowest BCUT2D eigenvalue weighted by Gasteiger charge is -2.25. The first-order chi connectivity index (χ1) is 29.5. The van der Waals surface area contributed by atoms with Crippen molar-refractivity contribution < 1.29 is 32.9 Å². The van der Waals surface area contributed by atoms with Gasteiger partial charge >= 0.3 is 7.82 Å². The van der Waals surface area contributed by atoms with Gasteiger partial charge in [0.25, 0.3) is 0 Å². The predicted molar refractivity (Wildman–Crippen MR) is 263 cm³/mol. The summed E-state index contributed by atoms with van der Waals surface area (Å²) in [6.45, 7) is 4.79. The number of hydrogen-bond acceptors (Lipinski definition) is 5. The van der Waals surface area contributed by atoms with Gasteiger partial charge in [-0.15, -0.1) is 0 Å². The first kappa shape index (κ1) is 59.5. The second-order valence-corrected chi connectivity index (χ2v) is 20.0. The van der Waals surface area contributed by atoms with E-state index >= 15 is 0 Å². The standard InChI is InChI=1S/C52H99N2O6P/c1-6-8-10-12-14-16-18-20-22-24-25-26-27-28-30-31-33-35-37-39-41-43-45-51(55)50(49-60-61(57,58)59-48-47-54(3,4)5)53-52(56)46-44-42-40-38-36-34-32-29-23-21-19-17-15-13-11-9-7-2/h21,23,28,30,35,37,43,45,50-51,55H,6-20,22,24-27,29,31-34,36,38-42,44,46-49H2,1-5H3,(H-,53,56,57,58)/p+1/b23-21-,30-28+,37-35+,45-43+. The van der Waals surface area contributed by atoms with Crippen LogP contribution < -0.4 is 5.32 Å². The molecular formula is C52H100N2O6P+. The van der Waals surface area contributed by atoms with Crippen molar-refractivity contribution >= 4 is 13.7 Å². The van der Waals surface area contributed by atoms with Crippen molar-refractivity contribution in [3.63, 3.8) is 0 Å². The lowest BCUT2D eigenvalue weighted by Crippen LogP contribution is -2.45. The molecule has 1 amide bonds. The predicted octanol–water partition coefficient (Wildman–Crippen LogP) is 14.8. The van der Waals surface area contributed by atoms with Gasteiger partial charge < -0.3 is 19.8 Å². The molecule has 0 aromatic carbocycles. The van der Waals surface area contributed by atoms with E-state index in [1.807, 2.05) is 27.2 Å². The lowest BCUT2D eigenvalue weighted by molar-refractivity contribution is -0.870. The molecule has 0 fully saturated rings. The average molecular weight is 880 g/mol. The molecule has 0 aliphatic rings. The van der Waals surface area contributed by atoms with Crippen molar-refractivity contribution in [1.29, 1.82) is 0 Å². The number of phosphoric ester groups is 1. The van der Waals surface area contributed by atoms with Crippen LogP contribution in [0.3, 0.4) is 0 Å². The number of rotatable bonds is 46. The van der Waals surface area contributed by atoms with E-state index in [9.17, 15) is 19.4 Å². The molecule has 0 spiro atoms. The fraction of sp³-hybridized carbons (Fsp3) is 0.827. The molecule has 0 radical (unpaired) electrons. The largest absolute Gasteiger partial charge is 0.472 e. The van der Waals surface area contributed by atoms with E-state index in [1.54, 1.807) is 6.08 Å². The van der Waals surface area contributed by atoms with Gasteiger partial charge in [-0.2, -0.15) is 0 Å². The number of nitrogens with zero attached hydrogens (tertiary/aromatic N) is 1. The zero-order valence-corrected chi connectivity index (χ0v) is 41.5. The van der Waals surface area contributed by atoms with Gasteiger partial charge in [0.1, 0.15) is 13.2 Å². The lowest BCUT2D eigenvalue weighted by atomic mass is 10.0. The third-order valence-electron chi connectivity index (χ3n) is 11.2. The Bertz CT molecular complexity index is 1130. The van der Waals surface area contributed by atoms with Crippen molar-refractivity contribution in [2.45, 2.75) is 238 Å². The van der Waals surface area contributed by atoms with Crippen LogP contribution in [0.2, 0.25) is 0 Å². The number of hydrogen-bond donors (Lipinski definition) is 3.